The van der Waals surface area contributed by atoms with Crippen LogP contribution in [0, 0.1) is 0 Å². The molecule has 20 heavy (non-hydrogen) atoms. The molecule has 0 aromatic heterocycles. The van der Waals surface area contributed by atoms with E-state index in [-0.39, 0.29) is 6.04 Å². The Hall–Kier alpha value is -1.19. The third-order valence-electron chi connectivity index (χ3n) is 4.04. The zero-order chi connectivity index (χ0) is 13.9. The first kappa shape index (κ1) is 13.8. The zero-order valence-corrected chi connectivity index (χ0v) is 12.6. The SMILES string of the molecule is CC(NC1CCCSC1)c1ccc2ccccc2c1O. The standard InChI is InChI=1S/C17H21NOS/c1-12(18-14-6-4-10-20-11-14)15-9-8-13-5-2-3-7-16(13)17(15)19/h2-3,5,7-9,12,14,18-19H,4,6,10-11H2,1H3. The second kappa shape index (κ2) is 6.06. The summed E-state index contributed by atoms with van der Waals surface area (Å²) in [6.07, 6.45) is 2.53. The number of aromatic hydroxyl groups is 1. The van der Waals surface area contributed by atoms with E-state index in [1.807, 2.05) is 42.1 Å². The third kappa shape index (κ3) is 2.79. The van der Waals surface area contributed by atoms with Crippen LogP contribution in [0.2, 0.25) is 0 Å². The van der Waals surface area contributed by atoms with Gasteiger partial charge in [-0.05, 0) is 30.9 Å². The molecule has 3 heteroatoms. The fourth-order valence-electron chi connectivity index (χ4n) is 2.94. The number of phenols is 1. The molecule has 2 nitrogen and oxygen atoms in total. The Kier molecular flexibility index (Phi) is 4.18. The Morgan fingerprint density at radius 2 is 2.10 bits per heavy atom. The summed E-state index contributed by atoms with van der Waals surface area (Å²) in [4.78, 5) is 0. The summed E-state index contributed by atoms with van der Waals surface area (Å²) >= 11 is 2.02. The molecular weight excluding hydrogens is 266 g/mol. The highest BCUT2D eigenvalue weighted by atomic mass is 32.2. The minimum atomic E-state index is 0.184. The quantitative estimate of drug-likeness (QED) is 0.891. The molecule has 2 aromatic rings. The first-order valence-electron chi connectivity index (χ1n) is 7.30. The summed E-state index contributed by atoms with van der Waals surface area (Å²) < 4.78 is 0. The van der Waals surface area contributed by atoms with Crippen LogP contribution in [0.15, 0.2) is 36.4 Å². The second-order valence-corrected chi connectivity index (χ2v) is 6.68. The van der Waals surface area contributed by atoms with Crippen molar-refractivity contribution in [2.45, 2.75) is 31.8 Å². The number of rotatable bonds is 3. The van der Waals surface area contributed by atoms with Crippen LogP contribution in [0.25, 0.3) is 10.8 Å². The van der Waals surface area contributed by atoms with Crippen molar-refractivity contribution in [2.24, 2.45) is 0 Å². The smallest absolute Gasteiger partial charge is 0.128 e. The highest BCUT2D eigenvalue weighted by molar-refractivity contribution is 7.99. The van der Waals surface area contributed by atoms with Crippen LogP contribution < -0.4 is 5.32 Å². The molecule has 106 valence electrons. The average Bonchev–Trinajstić information content (AvgIpc) is 2.49. The van der Waals surface area contributed by atoms with E-state index in [9.17, 15) is 5.11 Å². The molecular formula is C17H21NOS. The van der Waals surface area contributed by atoms with Crippen LogP contribution in [0.3, 0.4) is 0 Å². The summed E-state index contributed by atoms with van der Waals surface area (Å²) in [5, 5.41) is 16.2. The predicted octanol–water partition coefficient (Wildman–Crippen LogP) is 4.09. The number of nitrogens with one attached hydrogen (secondary N) is 1. The molecule has 3 rings (SSSR count). The third-order valence-corrected chi connectivity index (χ3v) is 5.26. The van der Waals surface area contributed by atoms with Gasteiger partial charge < -0.3 is 10.4 Å². The molecule has 2 aromatic carbocycles. The zero-order valence-electron chi connectivity index (χ0n) is 11.8. The van der Waals surface area contributed by atoms with Crippen LogP contribution in [0.1, 0.15) is 31.4 Å². The molecule has 1 saturated heterocycles. The van der Waals surface area contributed by atoms with Gasteiger partial charge in [0.1, 0.15) is 5.75 Å². The number of hydrogen-bond donors (Lipinski definition) is 2. The Labute approximate surface area is 124 Å². The van der Waals surface area contributed by atoms with E-state index in [1.54, 1.807) is 0 Å². The molecule has 0 amide bonds. The molecule has 1 heterocycles. The number of benzene rings is 2. The first-order valence-corrected chi connectivity index (χ1v) is 8.45. The molecule has 1 fully saturated rings. The number of phenolic OH excluding ortho intramolecular Hbond substituents is 1. The molecule has 2 atom stereocenters. The van der Waals surface area contributed by atoms with E-state index in [0.29, 0.717) is 11.8 Å². The Bertz CT molecular complexity index is 593. The maximum absolute atomic E-state index is 10.5. The van der Waals surface area contributed by atoms with Crippen LogP contribution in [0.4, 0.5) is 0 Å². The fraction of sp³-hybridized carbons (Fsp3) is 0.412. The van der Waals surface area contributed by atoms with Crippen LogP contribution >= 0.6 is 11.8 Å². The fourth-order valence-corrected chi connectivity index (χ4v) is 4.02. The van der Waals surface area contributed by atoms with Gasteiger partial charge in [-0.25, -0.2) is 0 Å². The lowest BCUT2D eigenvalue weighted by Gasteiger charge is -2.27. The number of hydrogen-bond acceptors (Lipinski definition) is 3. The number of fused-ring (bicyclic) bond motifs is 1. The molecule has 0 radical (unpaired) electrons. The van der Waals surface area contributed by atoms with E-state index in [4.69, 9.17) is 0 Å². The van der Waals surface area contributed by atoms with Gasteiger partial charge in [0.05, 0.1) is 0 Å². The summed E-state index contributed by atoms with van der Waals surface area (Å²) in [5.41, 5.74) is 0.999. The maximum atomic E-state index is 10.5. The topological polar surface area (TPSA) is 32.3 Å². The average molecular weight is 287 g/mol. The lowest BCUT2D eigenvalue weighted by atomic mass is 10.00. The van der Waals surface area contributed by atoms with Gasteiger partial charge in [-0.1, -0.05) is 36.4 Å². The van der Waals surface area contributed by atoms with Gasteiger partial charge in [0.25, 0.3) is 0 Å². The maximum Gasteiger partial charge on any atom is 0.128 e. The Balaban J connectivity index is 1.83. The van der Waals surface area contributed by atoms with Crippen molar-refractivity contribution in [1.29, 1.82) is 0 Å². The van der Waals surface area contributed by atoms with Crippen molar-refractivity contribution >= 4 is 22.5 Å². The van der Waals surface area contributed by atoms with Gasteiger partial charge in [0.2, 0.25) is 0 Å². The molecule has 0 spiro atoms. The largest absolute Gasteiger partial charge is 0.507 e. The molecule has 0 saturated carbocycles. The molecule has 0 bridgehead atoms. The van der Waals surface area contributed by atoms with Gasteiger partial charge >= 0.3 is 0 Å². The minimum absolute atomic E-state index is 0.184. The van der Waals surface area contributed by atoms with Gasteiger partial charge in [-0.15, -0.1) is 0 Å². The highest BCUT2D eigenvalue weighted by Gasteiger charge is 2.19. The van der Waals surface area contributed by atoms with Crippen molar-refractivity contribution in [3.05, 3.63) is 42.0 Å². The van der Waals surface area contributed by atoms with Gasteiger partial charge in [-0.2, -0.15) is 11.8 Å². The monoisotopic (exact) mass is 287 g/mol. The Morgan fingerprint density at radius 3 is 2.90 bits per heavy atom. The highest BCUT2D eigenvalue weighted by Crippen LogP contribution is 2.33. The van der Waals surface area contributed by atoms with Gasteiger partial charge in [0, 0.05) is 28.8 Å². The van der Waals surface area contributed by atoms with Crippen LogP contribution in [-0.4, -0.2) is 22.7 Å². The van der Waals surface area contributed by atoms with Crippen LogP contribution in [-0.2, 0) is 0 Å². The second-order valence-electron chi connectivity index (χ2n) is 5.53. The van der Waals surface area contributed by atoms with Gasteiger partial charge in [-0.3, -0.25) is 0 Å². The molecule has 2 unspecified atom stereocenters. The van der Waals surface area contributed by atoms with Crippen molar-refractivity contribution in [3.63, 3.8) is 0 Å². The molecule has 0 aliphatic carbocycles. The normalized spacial score (nSPS) is 20.9. The first-order chi connectivity index (χ1) is 9.75. The molecule has 2 N–H and O–H groups in total. The van der Waals surface area contributed by atoms with E-state index >= 15 is 0 Å². The van der Waals surface area contributed by atoms with E-state index in [2.05, 4.69) is 18.3 Å². The van der Waals surface area contributed by atoms with E-state index in [1.165, 1.54) is 24.3 Å². The van der Waals surface area contributed by atoms with Crippen molar-refractivity contribution in [2.75, 3.05) is 11.5 Å². The van der Waals surface area contributed by atoms with Crippen molar-refractivity contribution in [1.82, 2.24) is 5.32 Å². The summed E-state index contributed by atoms with van der Waals surface area (Å²) in [7, 11) is 0. The van der Waals surface area contributed by atoms with Crippen molar-refractivity contribution < 1.29 is 5.11 Å². The summed E-state index contributed by atoms with van der Waals surface area (Å²) in [6.45, 7) is 2.14. The van der Waals surface area contributed by atoms with Gasteiger partial charge in [0.15, 0.2) is 0 Å². The van der Waals surface area contributed by atoms with E-state index < -0.39 is 0 Å². The Morgan fingerprint density at radius 1 is 1.25 bits per heavy atom. The minimum Gasteiger partial charge on any atom is -0.507 e. The number of thioether (sulfide) groups is 1. The predicted molar refractivity (Wildman–Crippen MR) is 87.5 cm³/mol. The molecule has 1 aliphatic rings. The van der Waals surface area contributed by atoms with Crippen LogP contribution in [0.5, 0.6) is 5.75 Å². The van der Waals surface area contributed by atoms with Crippen molar-refractivity contribution in [3.8, 4) is 5.75 Å². The summed E-state index contributed by atoms with van der Waals surface area (Å²) in [5.74, 6) is 2.89. The van der Waals surface area contributed by atoms with E-state index in [0.717, 1.165) is 16.3 Å². The lowest BCUT2D eigenvalue weighted by Crippen LogP contribution is -2.35. The summed E-state index contributed by atoms with van der Waals surface area (Å²) in [6, 6.07) is 12.9. The molecule has 1 aliphatic heterocycles. The lowest BCUT2D eigenvalue weighted by molar-refractivity contribution is 0.426.